The van der Waals surface area contributed by atoms with Gasteiger partial charge < -0.3 is 5.32 Å². The summed E-state index contributed by atoms with van der Waals surface area (Å²) >= 11 is 1.36. The van der Waals surface area contributed by atoms with Crippen LogP contribution in [0.3, 0.4) is 0 Å². The molecule has 2 aliphatic rings. The zero-order chi connectivity index (χ0) is 21.1. The number of hydrogen-bond acceptors (Lipinski definition) is 5. The number of anilines is 1. The molecule has 1 aliphatic heterocycles. The first-order valence-electron chi connectivity index (χ1n) is 10.4. The number of aromatic nitrogens is 1. The van der Waals surface area contributed by atoms with Crippen LogP contribution in [0.25, 0.3) is 11.3 Å². The second kappa shape index (κ2) is 8.92. The molecule has 1 N–H and O–H groups in total. The molecule has 30 heavy (non-hydrogen) atoms. The Morgan fingerprint density at radius 1 is 1.13 bits per heavy atom. The fraction of sp³-hybridized carbons (Fsp3) is 0.391. The molecule has 2 atom stereocenters. The SMILES string of the molecule is CCCc1ccc(-c2csc(NC(=O)CCN3C(=O)[C@@H]4CC=CC[C@H]4C3=O)n2)cc1. The zero-order valence-corrected chi connectivity index (χ0v) is 17.8. The molecule has 1 fully saturated rings. The molecule has 0 radical (unpaired) electrons. The maximum absolute atomic E-state index is 12.5. The number of nitrogens with zero attached hydrogens (tertiary/aromatic N) is 2. The highest BCUT2D eigenvalue weighted by molar-refractivity contribution is 7.14. The number of carbonyl (C=O) groups excluding carboxylic acids is 3. The smallest absolute Gasteiger partial charge is 0.233 e. The van der Waals surface area contributed by atoms with Gasteiger partial charge in [0, 0.05) is 23.9 Å². The van der Waals surface area contributed by atoms with Crippen LogP contribution in [-0.4, -0.2) is 34.2 Å². The number of nitrogens with one attached hydrogen (secondary N) is 1. The highest BCUT2D eigenvalue weighted by atomic mass is 32.1. The quantitative estimate of drug-likeness (QED) is 0.538. The first-order chi connectivity index (χ1) is 14.6. The lowest BCUT2D eigenvalue weighted by atomic mass is 9.85. The van der Waals surface area contributed by atoms with Gasteiger partial charge in [-0.3, -0.25) is 19.3 Å². The van der Waals surface area contributed by atoms with Crippen LogP contribution in [0, 0.1) is 11.8 Å². The molecule has 6 nitrogen and oxygen atoms in total. The molecule has 0 spiro atoms. The lowest BCUT2D eigenvalue weighted by Gasteiger charge is -2.14. The van der Waals surface area contributed by atoms with Crippen molar-refractivity contribution in [3.8, 4) is 11.3 Å². The number of likely N-dealkylation sites (tertiary alicyclic amines) is 1. The Bertz CT molecular complexity index is 954. The van der Waals surface area contributed by atoms with Crippen LogP contribution in [-0.2, 0) is 20.8 Å². The number of aryl methyl sites for hydroxylation is 1. The van der Waals surface area contributed by atoms with Crippen LogP contribution in [0.15, 0.2) is 41.8 Å². The number of rotatable bonds is 7. The molecule has 3 amide bonds. The van der Waals surface area contributed by atoms with Gasteiger partial charge in [0.1, 0.15) is 0 Å². The van der Waals surface area contributed by atoms with Crippen molar-refractivity contribution >= 4 is 34.2 Å². The molecule has 1 aliphatic carbocycles. The van der Waals surface area contributed by atoms with Crippen LogP contribution >= 0.6 is 11.3 Å². The predicted molar refractivity (Wildman–Crippen MR) is 117 cm³/mol. The summed E-state index contributed by atoms with van der Waals surface area (Å²) in [6, 6.07) is 8.30. The van der Waals surface area contributed by atoms with Crippen LogP contribution < -0.4 is 5.32 Å². The van der Waals surface area contributed by atoms with E-state index in [0.717, 1.165) is 24.1 Å². The molecule has 2 aromatic rings. The Hall–Kier alpha value is -2.80. The van der Waals surface area contributed by atoms with Crippen LogP contribution in [0.5, 0.6) is 0 Å². The zero-order valence-electron chi connectivity index (χ0n) is 17.0. The summed E-state index contributed by atoms with van der Waals surface area (Å²) in [7, 11) is 0. The summed E-state index contributed by atoms with van der Waals surface area (Å²) in [5, 5.41) is 5.22. The van der Waals surface area contributed by atoms with E-state index in [4.69, 9.17) is 0 Å². The van der Waals surface area contributed by atoms with Crippen molar-refractivity contribution in [2.45, 2.75) is 39.0 Å². The van der Waals surface area contributed by atoms with Crippen molar-refractivity contribution < 1.29 is 14.4 Å². The van der Waals surface area contributed by atoms with Gasteiger partial charge in [-0.05, 0) is 24.8 Å². The maximum Gasteiger partial charge on any atom is 0.233 e. The van der Waals surface area contributed by atoms with E-state index in [-0.39, 0.29) is 42.5 Å². The van der Waals surface area contributed by atoms with Crippen molar-refractivity contribution in [2.75, 3.05) is 11.9 Å². The van der Waals surface area contributed by atoms with E-state index in [1.807, 2.05) is 29.7 Å². The number of thiazole rings is 1. The second-order valence-electron chi connectivity index (χ2n) is 7.77. The third kappa shape index (κ3) is 4.21. The number of fused-ring (bicyclic) bond motifs is 1. The van der Waals surface area contributed by atoms with E-state index >= 15 is 0 Å². The minimum absolute atomic E-state index is 0.0744. The summed E-state index contributed by atoms with van der Waals surface area (Å²) in [5.41, 5.74) is 3.13. The summed E-state index contributed by atoms with van der Waals surface area (Å²) in [6.07, 6.45) is 7.38. The lowest BCUT2D eigenvalue weighted by molar-refractivity contribution is -0.140. The van der Waals surface area contributed by atoms with E-state index < -0.39 is 0 Å². The van der Waals surface area contributed by atoms with Crippen LogP contribution in [0.1, 0.15) is 38.2 Å². The molecular weight excluding hydrogens is 398 g/mol. The molecule has 7 heteroatoms. The minimum Gasteiger partial charge on any atom is -0.302 e. The van der Waals surface area contributed by atoms with Gasteiger partial charge in [-0.15, -0.1) is 11.3 Å². The predicted octanol–water partition coefficient (Wildman–Crippen LogP) is 4.04. The summed E-state index contributed by atoms with van der Waals surface area (Å²) in [6.45, 7) is 2.27. The fourth-order valence-corrected chi connectivity index (χ4v) is 4.81. The Kier molecular flexibility index (Phi) is 6.08. The number of allylic oxidation sites excluding steroid dienone is 2. The molecular formula is C23H25N3O3S. The largest absolute Gasteiger partial charge is 0.302 e. The van der Waals surface area contributed by atoms with E-state index in [1.54, 1.807) is 0 Å². The van der Waals surface area contributed by atoms with E-state index in [9.17, 15) is 14.4 Å². The summed E-state index contributed by atoms with van der Waals surface area (Å²) < 4.78 is 0. The molecule has 0 unspecified atom stereocenters. The molecule has 2 heterocycles. The Balaban J connectivity index is 1.32. The third-order valence-electron chi connectivity index (χ3n) is 5.70. The van der Waals surface area contributed by atoms with Gasteiger partial charge in [0.25, 0.3) is 0 Å². The van der Waals surface area contributed by atoms with Crippen molar-refractivity contribution in [1.82, 2.24) is 9.88 Å². The van der Waals surface area contributed by atoms with Crippen molar-refractivity contribution in [3.63, 3.8) is 0 Å². The van der Waals surface area contributed by atoms with E-state index in [1.165, 1.54) is 21.8 Å². The monoisotopic (exact) mass is 423 g/mol. The topological polar surface area (TPSA) is 79.4 Å². The minimum atomic E-state index is -0.254. The molecule has 1 saturated heterocycles. The van der Waals surface area contributed by atoms with Gasteiger partial charge in [-0.2, -0.15) is 0 Å². The lowest BCUT2D eigenvalue weighted by Crippen LogP contribution is -2.34. The number of hydrogen-bond donors (Lipinski definition) is 1. The number of benzene rings is 1. The third-order valence-corrected chi connectivity index (χ3v) is 6.46. The van der Waals surface area contributed by atoms with Gasteiger partial charge in [0.05, 0.1) is 17.5 Å². The summed E-state index contributed by atoms with van der Waals surface area (Å²) in [5.74, 6) is -1.05. The molecule has 4 rings (SSSR count). The normalized spacial score (nSPS) is 20.5. The van der Waals surface area contributed by atoms with E-state index in [0.29, 0.717) is 18.0 Å². The highest BCUT2D eigenvalue weighted by Crippen LogP contribution is 2.35. The summed E-state index contributed by atoms with van der Waals surface area (Å²) in [4.78, 5) is 43.1. The fourth-order valence-electron chi connectivity index (χ4n) is 4.08. The first-order valence-corrected chi connectivity index (χ1v) is 11.3. The first kappa shape index (κ1) is 20.5. The second-order valence-corrected chi connectivity index (χ2v) is 8.63. The molecule has 0 bridgehead atoms. The number of carbonyl (C=O) groups is 3. The van der Waals surface area contributed by atoms with Crippen LogP contribution in [0.4, 0.5) is 5.13 Å². The maximum atomic E-state index is 12.5. The van der Waals surface area contributed by atoms with Gasteiger partial charge >= 0.3 is 0 Å². The number of amides is 3. The van der Waals surface area contributed by atoms with Crippen molar-refractivity contribution in [3.05, 3.63) is 47.4 Å². The van der Waals surface area contributed by atoms with Gasteiger partial charge in [-0.25, -0.2) is 4.98 Å². The Labute approximate surface area is 180 Å². The van der Waals surface area contributed by atoms with Gasteiger partial charge in [0.15, 0.2) is 5.13 Å². The van der Waals surface area contributed by atoms with Crippen molar-refractivity contribution in [1.29, 1.82) is 0 Å². The van der Waals surface area contributed by atoms with Crippen molar-refractivity contribution in [2.24, 2.45) is 11.8 Å². The van der Waals surface area contributed by atoms with E-state index in [2.05, 4.69) is 29.4 Å². The molecule has 0 saturated carbocycles. The number of imide groups is 1. The van der Waals surface area contributed by atoms with Crippen LogP contribution in [0.2, 0.25) is 0 Å². The molecule has 1 aromatic carbocycles. The molecule has 1 aromatic heterocycles. The Morgan fingerprint density at radius 3 is 2.43 bits per heavy atom. The van der Waals surface area contributed by atoms with Gasteiger partial charge in [0.2, 0.25) is 17.7 Å². The van der Waals surface area contributed by atoms with Gasteiger partial charge in [-0.1, -0.05) is 49.8 Å². The molecule has 156 valence electrons. The average molecular weight is 424 g/mol. The average Bonchev–Trinajstić information content (AvgIpc) is 3.31. The Morgan fingerprint density at radius 2 is 1.80 bits per heavy atom. The highest BCUT2D eigenvalue weighted by Gasteiger charge is 2.46. The standard InChI is InChI=1S/C23H25N3O3S/c1-2-5-15-8-10-16(11-9-15)19-14-30-23(24-19)25-20(27)12-13-26-21(28)17-6-3-4-7-18(17)22(26)29/h3-4,8-11,14,17-18H,2,5-7,12-13H2,1H3,(H,24,25,27)/t17-,18-/m1/s1.